The second kappa shape index (κ2) is 5.69. The first-order valence-corrected chi connectivity index (χ1v) is 6.98. The Hall–Kier alpha value is -1.78. The van der Waals surface area contributed by atoms with E-state index in [1.807, 2.05) is 12.3 Å². The van der Waals surface area contributed by atoms with Crippen molar-refractivity contribution in [1.82, 2.24) is 14.8 Å². The maximum atomic E-state index is 5.91. The van der Waals surface area contributed by atoms with E-state index >= 15 is 0 Å². The quantitative estimate of drug-likeness (QED) is 0.682. The van der Waals surface area contributed by atoms with E-state index < -0.39 is 0 Å². The van der Waals surface area contributed by atoms with Crippen molar-refractivity contribution in [2.45, 2.75) is 6.54 Å². The number of halogens is 2. The van der Waals surface area contributed by atoms with Crippen molar-refractivity contribution in [1.29, 1.82) is 0 Å². The minimum atomic E-state index is 0.535. The maximum Gasteiger partial charge on any atom is 0.220 e. The lowest BCUT2D eigenvalue weighted by Gasteiger charge is -1.92. The van der Waals surface area contributed by atoms with Crippen molar-refractivity contribution >= 4 is 46.5 Å². The molecule has 0 fully saturated rings. The highest BCUT2D eigenvalue weighted by Gasteiger charge is 2.03. The van der Waals surface area contributed by atoms with E-state index in [0.29, 0.717) is 28.9 Å². The molecular weight excluding hydrogens is 297 g/mol. The zero-order valence-corrected chi connectivity index (χ0v) is 12.0. The summed E-state index contributed by atoms with van der Waals surface area (Å²) in [4.78, 5) is 4.35. The van der Waals surface area contributed by atoms with Crippen LogP contribution in [0.5, 0.6) is 0 Å². The van der Waals surface area contributed by atoms with Gasteiger partial charge in [-0.25, -0.2) is 4.98 Å². The van der Waals surface area contributed by atoms with E-state index in [1.54, 1.807) is 35.2 Å². The zero-order valence-electron chi connectivity index (χ0n) is 10.5. The molecule has 3 rings (SSSR count). The van der Waals surface area contributed by atoms with E-state index in [2.05, 4.69) is 10.1 Å². The highest BCUT2D eigenvalue weighted by molar-refractivity contribution is 6.31. The Morgan fingerprint density at radius 1 is 1.30 bits per heavy atom. The predicted molar refractivity (Wildman–Crippen MR) is 80.9 cm³/mol. The van der Waals surface area contributed by atoms with Crippen molar-refractivity contribution in [3.8, 4) is 0 Å². The van der Waals surface area contributed by atoms with Gasteiger partial charge in [0.2, 0.25) is 5.89 Å². The number of aromatic nitrogens is 3. The number of alkyl halides is 1. The second-order valence-electron chi connectivity index (χ2n) is 4.22. The lowest BCUT2D eigenvalue weighted by Crippen LogP contribution is -1.98. The first kappa shape index (κ1) is 13.2. The van der Waals surface area contributed by atoms with Crippen molar-refractivity contribution < 1.29 is 4.42 Å². The molecule has 2 aromatic heterocycles. The molecular formula is C14H11Cl2N3O. The first-order valence-electron chi connectivity index (χ1n) is 6.07. The van der Waals surface area contributed by atoms with Gasteiger partial charge < -0.3 is 4.42 Å². The topological polar surface area (TPSA) is 43.9 Å². The molecule has 102 valence electrons. The van der Waals surface area contributed by atoms with E-state index in [1.165, 1.54) is 0 Å². The largest absolute Gasteiger partial charge is 0.437 e. The Labute approximate surface area is 125 Å². The van der Waals surface area contributed by atoms with Crippen LogP contribution in [0.4, 0.5) is 0 Å². The van der Waals surface area contributed by atoms with Gasteiger partial charge in [0.1, 0.15) is 5.52 Å². The van der Waals surface area contributed by atoms with Gasteiger partial charge in [0.15, 0.2) is 5.58 Å². The van der Waals surface area contributed by atoms with Gasteiger partial charge in [-0.1, -0.05) is 11.6 Å². The zero-order chi connectivity index (χ0) is 13.9. The average Bonchev–Trinajstić information content (AvgIpc) is 3.02. The second-order valence-corrected chi connectivity index (χ2v) is 5.04. The third kappa shape index (κ3) is 2.86. The van der Waals surface area contributed by atoms with E-state index in [9.17, 15) is 0 Å². The minimum Gasteiger partial charge on any atom is -0.437 e. The molecule has 2 heterocycles. The summed E-state index contributed by atoms with van der Waals surface area (Å²) in [5.41, 5.74) is 2.43. The molecule has 0 spiro atoms. The lowest BCUT2D eigenvalue weighted by molar-refractivity contribution is 0.589. The standard InChI is InChI=1S/C14H11Cl2N3O/c15-5-6-19-9-10(8-17-19)1-4-14-18-12-7-11(16)2-3-13(12)20-14/h1-4,7-9H,5-6H2/b4-1+. The van der Waals surface area contributed by atoms with Gasteiger partial charge in [-0.15, -0.1) is 11.6 Å². The summed E-state index contributed by atoms with van der Waals surface area (Å²) < 4.78 is 7.38. The Bertz CT molecular complexity index is 761. The molecule has 0 aliphatic carbocycles. The molecule has 0 N–H and O–H groups in total. The monoisotopic (exact) mass is 307 g/mol. The molecule has 0 atom stereocenters. The highest BCUT2D eigenvalue weighted by Crippen LogP contribution is 2.20. The van der Waals surface area contributed by atoms with Crippen LogP contribution in [0, 0.1) is 0 Å². The summed E-state index contributed by atoms with van der Waals surface area (Å²) in [6, 6.07) is 5.36. The van der Waals surface area contributed by atoms with Crippen LogP contribution in [-0.4, -0.2) is 20.6 Å². The Morgan fingerprint density at radius 2 is 2.20 bits per heavy atom. The van der Waals surface area contributed by atoms with Crippen LogP contribution in [0.2, 0.25) is 5.02 Å². The molecule has 6 heteroatoms. The normalized spacial score (nSPS) is 11.7. The van der Waals surface area contributed by atoms with Crippen LogP contribution in [-0.2, 0) is 6.54 Å². The number of oxazole rings is 1. The number of benzene rings is 1. The molecule has 0 radical (unpaired) electrons. The number of aryl methyl sites for hydroxylation is 1. The van der Waals surface area contributed by atoms with Crippen molar-refractivity contribution in [3.63, 3.8) is 0 Å². The minimum absolute atomic E-state index is 0.535. The third-order valence-electron chi connectivity index (χ3n) is 2.75. The predicted octanol–water partition coefficient (Wildman–Crippen LogP) is 4.09. The lowest BCUT2D eigenvalue weighted by atomic mass is 10.3. The van der Waals surface area contributed by atoms with Crippen LogP contribution >= 0.6 is 23.2 Å². The molecule has 20 heavy (non-hydrogen) atoms. The summed E-state index contributed by atoms with van der Waals surface area (Å²) in [5.74, 6) is 1.07. The molecule has 0 aliphatic heterocycles. The molecule has 0 saturated carbocycles. The molecule has 0 unspecified atom stereocenters. The van der Waals surface area contributed by atoms with Crippen LogP contribution in [0.1, 0.15) is 11.5 Å². The van der Waals surface area contributed by atoms with E-state index in [0.717, 1.165) is 11.1 Å². The van der Waals surface area contributed by atoms with Crippen molar-refractivity contribution in [3.05, 3.63) is 47.1 Å². The van der Waals surface area contributed by atoms with Crippen LogP contribution in [0.3, 0.4) is 0 Å². The van der Waals surface area contributed by atoms with E-state index in [4.69, 9.17) is 27.6 Å². The molecule has 3 aromatic rings. The molecule has 0 saturated heterocycles. The molecule has 4 nitrogen and oxygen atoms in total. The van der Waals surface area contributed by atoms with Crippen LogP contribution in [0.15, 0.2) is 35.0 Å². The van der Waals surface area contributed by atoms with Crippen molar-refractivity contribution in [2.24, 2.45) is 0 Å². The average molecular weight is 308 g/mol. The third-order valence-corrected chi connectivity index (χ3v) is 3.16. The number of fused-ring (bicyclic) bond motifs is 1. The maximum absolute atomic E-state index is 5.91. The highest BCUT2D eigenvalue weighted by atomic mass is 35.5. The van der Waals surface area contributed by atoms with Gasteiger partial charge in [-0.3, -0.25) is 4.68 Å². The smallest absolute Gasteiger partial charge is 0.220 e. The summed E-state index contributed by atoms with van der Waals surface area (Å²) in [7, 11) is 0. The van der Waals surface area contributed by atoms with Gasteiger partial charge in [0.25, 0.3) is 0 Å². The fourth-order valence-electron chi connectivity index (χ4n) is 1.83. The Kier molecular flexibility index (Phi) is 3.76. The van der Waals surface area contributed by atoms with Gasteiger partial charge in [-0.2, -0.15) is 5.10 Å². The van der Waals surface area contributed by atoms with Gasteiger partial charge in [0, 0.05) is 28.7 Å². The number of hydrogen-bond donors (Lipinski definition) is 0. The summed E-state index contributed by atoms with van der Waals surface area (Å²) in [6.45, 7) is 0.691. The van der Waals surface area contributed by atoms with Gasteiger partial charge >= 0.3 is 0 Å². The Morgan fingerprint density at radius 3 is 3.05 bits per heavy atom. The molecule has 0 aliphatic rings. The fraction of sp³-hybridized carbons (Fsp3) is 0.143. The Balaban J connectivity index is 1.82. The van der Waals surface area contributed by atoms with Gasteiger partial charge in [0.05, 0.1) is 12.7 Å². The fourth-order valence-corrected chi connectivity index (χ4v) is 2.17. The summed E-state index contributed by atoms with van der Waals surface area (Å²) in [6.07, 6.45) is 7.38. The van der Waals surface area contributed by atoms with Gasteiger partial charge in [-0.05, 0) is 24.3 Å². The van der Waals surface area contributed by atoms with Crippen LogP contribution in [0.25, 0.3) is 23.3 Å². The first-order chi connectivity index (χ1) is 9.74. The number of rotatable bonds is 4. The molecule has 1 aromatic carbocycles. The number of nitrogens with zero attached hydrogens (tertiary/aromatic N) is 3. The van der Waals surface area contributed by atoms with E-state index in [-0.39, 0.29) is 0 Å². The summed E-state index contributed by atoms with van der Waals surface area (Å²) in [5, 5.41) is 4.83. The van der Waals surface area contributed by atoms with Crippen molar-refractivity contribution in [2.75, 3.05) is 5.88 Å². The summed E-state index contributed by atoms with van der Waals surface area (Å²) >= 11 is 11.6. The molecule has 0 bridgehead atoms. The SMILES string of the molecule is ClCCn1cc(/C=C/c2nc3cc(Cl)ccc3o2)cn1. The van der Waals surface area contributed by atoms with Crippen LogP contribution < -0.4 is 0 Å². The molecule has 0 amide bonds. The number of hydrogen-bond acceptors (Lipinski definition) is 3.